The Morgan fingerprint density at radius 1 is 1.26 bits per heavy atom. The standard InChI is InChI=1S/C26H28BrN5O7/c1-26(2,3)25-29-19-6-5-17(27)13-18(19)24(34)31(25)28-14-16-11-20(32(35)36)23(21(12-16)37-4)39-15-22(33)30-7-9-38-10-8-30/h5-6,11-14H,7-10,15H2,1-4H3. The van der Waals surface area contributed by atoms with Crippen LogP contribution in [0.3, 0.4) is 0 Å². The second kappa shape index (κ2) is 11.5. The first-order chi connectivity index (χ1) is 18.5. The fourth-order valence-electron chi connectivity index (χ4n) is 4.02. The Labute approximate surface area is 232 Å². The highest BCUT2D eigenvalue weighted by atomic mass is 79.9. The third-order valence-electron chi connectivity index (χ3n) is 5.98. The summed E-state index contributed by atoms with van der Waals surface area (Å²) >= 11 is 3.38. The lowest BCUT2D eigenvalue weighted by atomic mass is 9.95. The number of nitro groups is 1. The molecule has 13 heteroatoms. The number of methoxy groups -OCH3 is 1. The lowest BCUT2D eigenvalue weighted by Gasteiger charge is -2.26. The first-order valence-corrected chi connectivity index (χ1v) is 12.9. The largest absolute Gasteiger partial charge is 0.493 e. The summed E-state index contributed by atoms with van der Waals surface area (Å²) in [6, 6.07) is 7.95. The van der Waals surface area contributed by atoms with Gasteiger partial charge in [-0.25, -0.2) is 4.98 Å². The molecule has 1 aliphatic rings. The molecule has 12 nitrogen and oxygen atoms in total. The SMILES string of the molecule is COc1cc(C=Nn2c(C(C)(C)C)nc3ccc(Br)cc3c2=O)cc([N+](=O)[O-])c1OCC(=O)N1CCOCC1. The number of benzene rings is 2. The van der Waals surface area contributed by atoms with Gasteiger partial charge in [-0.15, -0.1) is 0 Å². The minimum Gasteiger partial charge on any atom is -0.493 e. The average molecular weight is 602 g/mol. The van der Waals surface area contributed by atoms with E-state index in [4.69, 9.17) is 14.2 Å². The van der Waals surface area contributed by atoms with Crippen LogP contribution in [0.2, 0.25) is 0 Å². The zero-order chi connectivity index (χ0) is 28.3. The van der Waals surface area contributed by atoms with Gasteiger partial charge in [0.15, 0.2) is 12.4 Å². The molecule has 1 saturated heterocycles. The molecule has 4 rings (SSSR count). The van der Waals surface area contributed by atoms with Crippen LogP contribution in [0.25, 0.3) is 10.9 Å². The Morgan fingerprint density at radius 2 is 1.97 bits per heavy atom. The Kier molecular flexibility index (Phi) is 8.31. The van der Waals surface area contributed by atoms with Crippen molar-refractivity contribution in [3.8, 4) is 11.5 Å². The van der Waals surface area contributed by atoms with Crippen LogP contribution in [0.15, 0.2) is 44.7 Å². The van der Waals surface area contributed by atoms with Crippen LogP contribution in [0, 0.1) is 10.1 Å². The van der Waals surface area contributed by atoms with Gasteiger partial charge >= 0.3 is 5.69 Å². The Hall–Kier alpha value is -3.84. The van der Waals surface area contributed by atoms with Gasteiger partial charge in [0.1, 0.15) is 5.82 Å². The van der Waals surface area contributed by atoms with Crippen LogP contribution in [0.1, 0.15) is 32.2 Å². The van der Waals surface area contributed by atoms with Crippen molar-refractivity contribution in [3.05, 3.63) is 66.7 Å². The monoisotopic (exact) mass is 601 g/mol. The third kappa shape index (κ3) is 6.25. The van der Waals surface area contributed by atoms with Crippen molar-refractivity contribution in [1.29, 1.82) is 0 Å². The van der Waals surface area contributed by atoms with E-state index >= 15 is 0 Å². The van der Waals surface area contributed by atoms with Gasteiger partial charge in [0, 0.05) is 34.6 Å². The zero-order valence-electron chi connectivity index (χ0n) is 22.0. The Balaban J connectivity index is 1.72. The molecule has 206 valence electrons. The number of morpholine rings is 1. The molecule has 39 heavy (non-hydrogen) atoms. The number of halogens is 1. The van der Waals surface area contributed by atoms with Crippen LogP contribution in [0.5, 0.6) is 11.5 Å². The van der Waals surface area contributed by atoms with Crippen LogP contribution < -0.4 is 15.0 Å². The highest BCUT2D eigenvalue weighted by Crippen LogP contribution is 2.38. The van der Waals surface area contributed by atoms with Gasteiger partial charge in [-0.3, -0.25) is 19.7 Å². The molecule has 0 aliphatic carbocycles. The molecule has 0 radical (unpaired) electrons. The maximum absolute atomic E-state index is 13.4. The van der Waals surface area contributed by atoms with E-state index in [1.54, 1.807) is 23.1 Å². The molecule has 0 bridgehead atoms. The van der Waals surface area contributed by atoms with Gasteiger partial charge in [-0.05, 0) is 24.3 Å². The van der Waals surface area contributed by atoms with E-state index < -0.39 is 22.6 Å². The highest BCUT2D eigenvalue weighted by molar-refractivity contribution is 9.10. The lowest BCUT2D eigenvalue weighted by molar-refractivity contribution is -0.385. The number of ether oxygens (including phenoxy) is 3. The predicted octanol–water partition coefficient (Wildman–Crippen LogP) is 3.49. The number of carbonyl (C=O) groups is 1. The van der Waals surface area contributed by atoms with E-state index in [0.717, 1.165) is 4.47 Å². The highest BCUT2D eigenvalue weighted by Gasteiger charge is 2.26. The summed E-state index contributed by atoms with van der Waals surface area (Å²) in [4.78, 5) is 43.4. The minimum atomic E-state index is -0.629. The number of nitro benzene ring substituents is 1. The van der Waals surface area contributed by atoms with Gasteiger partial charge in [-0.2, -0.15) is 9.78 Å². The number of hydrogen-bond acceptors (Lipinski definition) is 9. The molecule has 0 unspecified atom stereocenters. The topological polar surface area (TPSA) is 138 Å². The first-order valence-electron chi connectivity index (χ1n) is 12.1. The number of nitrogens with zero attached hydrogens (tertiary/aromatic N) is 5. The molecule has 0 N–H and O–H groups in total. The smallest absolute Gasteiger partial charge is 0.315 e. The van der Waals surface area contributed by atoms with Crippen molar-refractivity contribution in [2.45, 2.75) is 26.2 Å². The van der Waals surface area contributed by atoms with Crippen LogP contribution in [-0.4, -0.2) is 71.6 Å². The van der Waals surface area contributed by atoms with E-state index in [9.17, 15) is 19.7 Å². The summed E-state index contributed by atoms with van der Waals surface area (Å²) in [5, 5.41) is 16.7. The number of hydrogen-bond donors (Lipinski definition) is 0. The van der Waals surface area contributed by atoms with Crippen LogP contribution in [-0.2, 0) is 14.9 Å². The van der Waals surface area contributed by atoms with Crippen LogP contribution in [0.4, 0.5) is 5.69 Å². The van der Waals surface area contributed by atoms with Crippen LogP contribution >= 0.6 is 15.9 Å². The number of carbonyl (C=O) groups excluding carboxylic acids is 1. The van der Waals surface area contributed by atoms with Crippen molar-refractivity contribution < 1.29 is 23.9 Å². The molecule has 2 heterocycles. The Morgan fingerprint density at radius 3 is 2.62 bits per heavy atom. The lowest BCUT2D eigenvalue weighted by Crippen LogP contribution is -2.43. The zero-order valence-corrected chi connectivity index (χ0v) is 23.6. The molecule has 3 aromatic rings. The van der Waals surface area contributed by atoms with Gasteiger partial charge in [-0.1, -0.05) is 36.7 Å². The first kappa shape index (κ1) is 28.2. The molecule has 1 aliphatic heterocycles. The number of aromatic nitrogens is 2. The quantitative estimate of drug-likeness (QED) is 0.228. The molecule has 2 aromatic carbocycles. The summed E-state index contributed by atoms with van der Waals surface area (Å²) in [6.07, 6.45) is 1.32. The molecule has 1 aromatic heterocycles. The molecule has 1 fully saturated rings. The maximum Gasteiger partial charge on any atom is 0.315 e. The van der Waals surface area contributed by atoms with E-state index in [2.05, 4.69) is 26.0 Å². The van der Waals surface area contributed by atoms with Gasteiger partial charge in [0.25, 0.3) is 11.5 Å². The van der Waals surface area contributed by atoms with Crippen molar-refractivity contribution >= 4 is 44.6 Å². The normalized spacial score (nSPS) is 14.1. The third-order valence-corrected chi connectivity index (χ3v) is 6.47. The summed E-state index contributed by atoms with van der Waals surface area (Å²) in [7, 11) is 1.34. The minimum absolute atomic E-state index is 0.0457. The van der Waals surface area contributed by atoms with E-state index in [0.29, 0.717) is 43.0 Å². The van der Waals surface area contributed by atoms with Gasteiger partial charge in [0.05, 0.1) is 42.4 Å². The summed E-state index contributed by atoms with van der Waals surface area (Å²) in [6.45, 7) is 7.02. The van der Waals surface area contributed by atoms with Crippen molar-refractivity contribution in [3.63, 3.8) is 0 Å². The van der Waals surface area contributed by atoms with Gasteiger partial charge < -0.3 is 19.1 Å². The van der Waals surface area contributed by atoms with Gasteiger partial charge in [0.2, 0.25) is 5.75 Å². The molecule has 1 amide bonds. The van der Waals surface area contributed by atoms with E-state index in [-0.39, 0.29) is 28.5 Å². The predicted molar refractivity (Wildman–Crippen MR) is 148 cm³/mol. The summed E-state index contributed by atoms with van der Waals surface area (Å²) < 4.78 is 18.1. The summed E-state index contributed by atoms with van der Waals surface area (Å²) in [5.41, 5.74) is -0.511. The van der Waals surface area contributed by atoms with Crippen molar-refractivity contribution in [1.82, 2.24) is 14.6 Å². The Bertz CT molecular complexity index is 1510. The number of fused-ring (bicyclic) bond motifs is 1. The average Bonchev–Trinajstić information content (AvgIpc) is 2.91. The number of amides is 1. The maximum atomic E-state index is 13.4. The van der Waals surface area contributed by atoms with E-state index in [1.807, 2.05) is 20.8 Å². The molecule has 0 spiro atoms. The molecular weight excluding hydrogens is 574 g/mol. The van der Waals surface area contributed by atoms with Crippen molar-refractivity contribution in [2.24, 2.45) is 5.10 Å². The summed E-state index contributed by atoms with van der Waals surface area (Å²) in [5.74, 6) is -0.0261. The second-order valence-corrected chi connectivity index (χ2v) is 10.7. The molecule has 0 atom stereocenters. The fraction of sp³-hybridized carbons (Fsp3) is 0.385. The fourth-order valence-corrected chi connectivity index (χ4v) is 4.38. The van der Waals surface area contributed by atoms with E-state index in [1.165, 1.54) is 30.1 Å². The number of rotatable bonds is 7. The molecule has 0 saturated carbocycles. The molecular formula is C26H28BrN5O7. The van der Waals surface area contributed by atoms with Crippen molar-refractivity contribution in [2.75, 3.05) is 40.0 Å². The second-order valence-electron chi connectivity index (χ2n) is 9.82.